The topological polar surface area (TPSA) is 29.9 Å². The summed E-state index contributed by atoms with van der Waals surface area (Å²) < 4.78 is 2.44. The molecule has 108 valence electrons. The summed E-state index contributed by atoms with van der Waals surface area (Å²) in [6.07, 6.45) is 13.6. The summed E-state index contributed by atoms with van der Waals surface area (Å²) in [6.45, 7) is 6.58. The highest BCUT2D eigenvalue weighted by molar-refractivity contribution is 5.01. The van der Waals surface area contributed by atoms with Gasteiger partial charge < -0.3 is 9.88 Å². The zero-order valence-corrected chi connectivity index (χ0v) is 12.6. The van der Waals surface area contributed by atoms with E-state index in [1.807, 2.05) is 12.5 Å². The molecule has 19 heavy (non-hydrogen) atoms. The Balaban J connectivity index is 2.02. The Hall–Kier alpha value is -0.830. The summed E-state index contributed by atoms with van der Waals surface area (Å²) >= 11 is 0. The van der Waals surface area contributed by atoms with Gasteiger partial charge in [0.2, 0.25) is 0 Å². The molecule has 0 bridgehead atoms. The van der Waals surface area contributed by atoms with Gasteiger partial charge in [-0.05, 0) is 38.1 Å². The van der Waals surface area contributed by atoms with Gasteiger partial charge in [-0.25, -0.2) is 4.98 Å². The van der Waals surface area contributed by atoms with Crippen molar-refractivity contribution in [2.45, 2.75) is 71.4 Å². The summed E-state index contributed by atoms with van der Waals surface area (Å²) in [7, 11) is 0. The Bertz CT molecular complexity index is 353. The normalized spacial score (nSPS) is 18.6. The maximum absolute atomic E-state index is 4.39. The summed E-state index contributed by atoms with van der Waals surface area (Å²) in [4.78, 5) is 4.39. The smallest absolute Gasteiger partial charge is 0.0951 e. The molecule has 0 spiro atoms. The van der Waals surface area contributed by atoms with Crippen LogP contribution in [0.1, 0.15) is 70.5 Å². The molecule has 1 N–H and O–H groups in total. The monoisotopic (exact) mass is 263 g/mol. The maximum Gasteiger partial charge on any atom is 0.0951 e. The van der Waals surface area contributed by atoms with Crippen molar-refractivity contribution in [3.05, 3.63) is 18.2 Å². The zero-order chi connectivity index (χ0) is 13.5. The number of hydrogen-bond donors (Lipinski definition) is 1. The van der Waals surface area contributed by atoms with Crippen molar-refractivity contribution in [1.82, 2.24) is 14.9 Å². The second-order valence-electron chi connectivity index (χ2n) is 5.84. The number of hydrogen-bond acceptors (Lipinski definition) is 2. The van der Waals surface area contributed by atoms with Gasteiger partial charge >= 0.3 is 0 Å². The molecule has 1 aromatic heterocycles. The predicted octanol–water partition coefficient (Wildman–Crippen LogP) is 3.91. The SMILES string of the molecule is CCCNCc1cncn1C(CC)C1CCCCC1. The quantitative estimate of drug-likeness (QED) is 0.756. The first-order chi connectivity index (χ1) is 9.36. The van der Waals surface area contributed by atoms with Crippen LogP contribution in [0.2, 0.25) is 0 Å². The van der Waals surface area contributed by atoms with E-state index < -0.39 is 0 Å². The molecule has 1 unspecified atom stereocenters. The van der Waals surface area contributed by atoms with E-state index in [1.54, 1.807) is 0 Å². The molecular weight excluding hydrogens is 234 g/mol. The molecule has 0 aliphatic heterocycles. The van der Waals surface area contributed by atoms with Gasteiger partial charge in [-0.3, -0.25) is 0 Å². The predicted molar refractivity (Wildman–Crippen MR) is 80.1 cm³/mol. The lowest BCUT2D eigenvalue weighted by atomic mass is 9.82. The highest BCUT2D eigenvalue weighted by Gasteiger charge is 2.24. The van der Waals surface area contributed by atoms with Crippen molar-refractivity contribution < 1.29 is 0 Å². The molecule has 1 atom stereocenters. The van der Waals surface area contributed by atoms with Crippen LogP contribution in [0.5, 0.6) is 0 Å². The van der Waals surface area contributed by atoms with Gasteiger partial charge in [0, 0.05) is 18.8 Å². The van der Waals surface area contributed by atoms with Crippen molar-refractivity contribution in [3.8, 4) is 0 Å². The Morgan fingerprint density at radius 1 is 1.32 bits per heavy atom. The number of nitrogens with zero attached hydrogens (tertiary/aromatic N) is 2. The van der Waals surface area contributed by atoms with E-state index in [-0.39, 0.29) is 0 Å². The van der Waals surface area contributed by atoms with E-state index in [4.69, 9.17) is 0 Å². The molecule has 1 fully saturated rings. The molecule has 2 rings (SSSR count). The first-order valence-electron chi connectivity index (χ1n) is 8.08. The molecule has 0 saturated heterocycles. The summed E-state index contributed by atoms with van der Waals surface area (Å²) in [5.41, 5.74) is 1.35. The fourth-order valence-electron chi connectivity index (χ4n) is 3.44. The molecule has 1 aromatic rings. The van der Waals surface area contributed by atoms with E-state index in [9.17, 15) is 0 Å². The largest absolute Gasteiger partial charge is 0.330 e. The van der Waals surface area contributed by atoms with Gasteiger partial charge in [0.05, 0.1) is 12.0 Å². The van der Waals surface area contributed by atoms with E-state index in [0.717, 1.165) is 19.0 Å². The third-order valence-corrected chi connectivity index (χ3v) is 4.45. The van der Waals surface area contributed by atoms with Crippen molar-refractivity contribution in [2.75, 3.05) is 6.54 Å². The minimum atomic E-state index is 0.654. The van der Waals surface area contributed by atoms with Crippen LogP contribution in [0.15, 0.2) is 12.5 Å². The molecule has 3 heteroatoms. The molecule has 1 heterocycles. The lowest BCUT2D eigenvalue weighted by molar-refractivity contribution is 0.239. The van der Waals surface area contributed by atoms with E-state index in [0.29, 0.717) is 6.04 Å². The van der Waals surface area contributed by atoms with Crippen molar-refractivity contribution in [2.24, 2.45) is 5.92 Å². The second-order valence-corrected chi connectivity index (χ2v) is 5.84. The van der Waals surface area contributed by atoms with Gasteiger partial charge in [0.15, 0.2) is 0 Å². The third kappa shape index (κ3) is 3.82. The number of rotatable bonds is 7. The van der Waals surface area contributed by atoms with Gasteiger partial charge in [-0.2, -0.15) is 0 Å². The number of imidazole rings is 1. The molecule has 1 aliphatic carbocycles. The highest BCUT2D eigenvalue weighted by Crippen LogP contribution is 2.35. The molecule has 0 radical (unpaired) electrons. The molecule has 0 aromatic carbocycles. The average molecular weight is 263 g/mol. The minimum Gasteiger partial charge on any atom is -0.330 e. The second kappa shape index (κ2) is 7.68. The Kier molecular flexibility index (Phi) is 5.90. The van der Waals surface area contributed by atoms with Crippen LogP contribution in [0, 0.1) is 5.92 Å². The summed E-state index contributed by atoms with van der Waals surface area (Å²) in [5, 5.41) is 3.50. The van der Waals surface area contributed by atoms with Crippen molar-refractivity contribution >= 4 is 0 Å². The zero-order valence-electron chi connectivity index (χ0n) is 12.6. The fourth-order valence-corrected chi connectivity index (χ4v) is 3.44. The van der Waals surface area contributed by atoms with E-state index >= 15 is 0 Å². The van der Waals surface area contributed by atoms with Crippen molar-refractivity contribution in [3.63, 3.8) is 0 Å². The Labute approximate surface area is 117 Å². The van der Waals surface area contributed by atoms with Crippen molar-refractivity contribution in [1.29, 1.82) is 0 Å². The van der Waals surface area contributed by atoms with Gasteiger partial charge in [0.25, 0.3) is 0 Å². The molecule has 0 amide bonds. The van der Waals surface area contributed by atoms with Gasteiger partial charge in [-0.15, -0.1) is 0 Å². The molecule has 3 nitrogen and oxygen atoms in total. The van der Waals surface area contributed by atoms with Crippen LogP contribution in [0.3, 0.4) is 0 Å². The van der Waals surface area contributed by atoms with Crippen LogP contribution in [0.4, 0.5) is 0 Å². The van der Waals surface area contributed by atoms with Crippen LogP contribution in [0.25, 0.3) is 0 Å². The Morgan fingerprint density at radius 3 is 2.79 bits per heavy atom. The minimum absolute atomic E-state index is 0.654. The lowest BCUT2D eigenvalue weighted by Crippen LogP contribution is -2.24. The summed E-state index contributed by atoms with van der Waals surface area (Å²) in [6, 6.07) is 0.654. The Morgan fingerprint density at radius 2 is 2.11 bits per heavy atom. The maximum atomic E-state index is 4.39. The van der Waals surface area contributed by atoms with Gasteiger partial charge in [-0.1, -0.05) is 33.1 Å². The van der Waals surface area contributed by atoms with Crippen LogP contribution in [-0.4, -0.2) is 16.1 Å². The number of aromatic nitrogens is 2. The van der Waals surface area contributed by atoms with Gasteiger partial charge in [0.1, 0.15) is 0 Å². The standard InChI is InChI=1S/C16H29N3/c1-3-10-17-11-15-12-18-13-19(15)16(4-2)14-8-6-5-7-9-14/h12-14,16-17H,3-11H2,1-2H3. The van der Waals surface area contributed by atoms with Crippen LogP contribution in [-0.2, 0) is 6.54 Å². The summed E-state index contributed by atoms with van der Waals surface area (Å²) in [5.74, 6) is 0.859. The first kappa shape index (κ1) is 14.6. The highest BCUT2D eigenvalue weighted by atomic mass is 15.1. The van der Waals surface area contributed by atoms with Crippen LogP contribution < -0.4 is 5.32 Å². The lowest BCUT2D eigenvalue weighted by Gasteiger charge is -2.31. The average Bonchev–Trinajstić information content (AvgIpc) is 2.90. The van der Waals surface area contributed by atoms with Crippen LogP contribution >= 0.6 is 0 Å². The molecular formula is C16H29N3. The number of nitrogens with one attached hydrogen (secondary N) is 1. The van der Waals surface area contributed by atoms with E-state index in [1.165, 1.54) is 50.6 Å². The first-order valence-corrected chi connectivity index (χ1v) is 8.08. The molecule has 1 saturated carbocycles. The fraction of sp³-hybridized carbons (Fsp3) is 0.812. The van der Waals surface area contributed by atoms with E-state index in [2.05, 4.69) is 28.7 Å². The third-order valence-electron chi connectivity index (χ3n) is 4.45. The molecule has 1 aliphatic rings.